The summed E-state index contributed by atoms with van der Waals surface area (Å²) in [6.45, 7) is 12.1. The summed E-state index contributed by atoms with van der Waals surface area (Å²) in [6.07, 6.45) is 3.84. The lowest BCUT2D eigenvalue weighted by Gasteiger charge is -2.28. The minimum absolute atomic E-state index is 0.0943. The van der Waals surface area contributed by atoms with Gasteiger partial charge in [-0.1, -0.05) is 6.07 Å². The molecule has 0 amide bonds. The van der Waals surface area contributed by atoms with E-state index < -0.39 is 23.3 Å². The molecule has 0 fully saturated rings. The molecule has 0 aromatic heterocycles. The van der Waals surface area contributed by atoms with E-state index >= 15 is 0 Å². The van der Waals surface area contributed by atoms with Gasteiger partial charge < -0.3 is 40.9 Å². The molecular formula is C53H52F6N4O5. The predicted molar refractivity (Wildman–Crippen MR) is 249 cm³/mol. The molecule has 0 saturated heterocycles. The van der Waals surface area contributed by atoms with E-state index in [-0.39, 0.29) is 41.7 Å². The van der Waals surface area contributed by atoms with Crippen molar-refractivity contribution >= 4 is 5.69 Å². The lowest BCUT2D eigenvalue weighted by molar-refractivity contribution is 0.181. The molecule has 3 aliphatic heterocycles. The van der Waals surface area contributed by atoms with Gasteiger partial charge in [-0.15, -0.1) is 0 Å². The second kappa shape index (κ2) is 21.9. The van der Waals surface area contributed by atoms with Crippen molar-refractivity contribution in [3.05, 3.63) is 154 Å². The summed E-state index contributed by atoms with van der Waals surface area (Å²) >= 11 is 0. The van der Waals surface area contributed by atoms with E-state index in [2.05, 4.69) is 4.85 Å². The molecule has 3 atom stereocenters. The molecule has 6 aromatic rings. The Morgan fingerprint density at radius 3 is 1.26 bits per heavy atom. The summed E-state index contributed by atoms with van der Waals surface area (Å²) in [5, 5.41) is 0. The summed E-state index contributed by atoms with van der Waals surface area (Å²) in [5.74, 6) is 0.0541. The zero-order valence-electron chi connectivity index (χ0n) is 37.8. The van der Waals surface area contributed by atoms with Gasteiger partial charge >= 0.3 is 0 Å². The lowest BCUT2D eigenvalue weighted by Crippen LogP contribution is -2.30. The third kappa shape index (κ3) is 11.3. The number of nitrogens with two attached hydrogens (primary N) is 3. The van der Waals surface area contributed by atoms with Crippen molar-refractivity contribution in [2.24, 2.45) is 17.2 Å². The van der Waals surface area contributed by atoms with Crippen LogP contribution in [0.5, 0.6) is 28.7 Å². The fourth-order valence-electron chi connectivity index (χ4n) is 8.43. The first kappa shape index (κ1) is 49.2. The zero-order valence-corrected chi connectivity index (χ0v) is 37.8. The third-order valence-electron chi connectivity index (χ3n) is 11.7. The molecule has 9 rings (SSSR count). The average Bonchev–Trinajstić information content (AvgIpc) is 3.33. The van der Waals surface area contributed by atoms with E-state index in [1.165, 1.54) is 79.9 Å². The SMILES string of the molecule is CC(C)Oc1cc(F)ccc1-c1cc(F)cc2c1O[C@@H](CN)CC2.COc1cc(F)ccc1-c1cc(F)cc2c1O[C@@H](CN)CC2.[C-]#[N+]c1cc(F)ccc1-c1cc(F)cc2c1O[C@@H](CN)CC2. The first-order valence-corrected chi connectivity index (χ1v) is 22.3. The molecule has 68 heavy (non-hydrogen) atoms. The minimum Gasteiger partial charge on any atom is -0.496 e. The molecule has 3 aliphatic rings. The van der Waals surface area contributed by atoms with Crippen molar-refractivity contribution in [3.8, 4) is 62.1 Å². The molecule has 3 heterocycles. The van der Waals surface area contributed by atoms with Crippen LogP contribution in [-0.2, 0) is 19.3 Å². The maximum atomic E-state index is 14.1. The fourth-order valence-corrected chi connectivity index (χ4v) is 8.43. The number of fused-ring (bicyclic) bond motifs is 3. The summed E-state index contributed by atoms with van der Waals surface area (Å²) in [4.78, 5) is 3.33. The molecule has 0 unspecified atom stereocenters. The normalized spacial score (nSPS) is 16.7. The number of rotatable bonds is 9. The van der Waals surface area contributed by atoms with Crippen molar-refractivity contribution in [1.29, 1.82) is 0 Å². The second-order valence-electron chi connectivity index (χ2n) is 16.8. The van der Waals surface area contributed by atoms with E-state index in [0.29, 0.717) is 101 Å². The zero-order chi connectivity index (χ0) is 48.6. The number of nitrogens with zero attached hydrogens (tertiary/aromatic N) is 1. The predicted octanol–water partition coefficient (Wildman–Crippen LogP) is 11.2. The van der Waals surface area contributed by atoms with Crippen LogP contribution in [-0.4, -0.2) is 51.2 Å². The van der Waals surface area contributed by atoms with Gasteiger partial charge in [-0.2, -0.15) is 0 Å². The minimum atomic E-state index is -0.499. The molecule has 0 aliphatic carbocycles. The highest BCUT2D eigenvalue weighted by Gasteiger charge is 2.28. The van der Waals surface area contributed by atoms with Crippen molar-refractivity contribution in [1.82, 2.24) is 0 Å². The first-order valence-electron chi connectivity index (χ1n) is 22.3. The summed E-state index contributed by atoms with van der Waals surface area (Å²) < 4.78 is 111. The summed E-state index contributed by atoms with van der Waals surface area (Å²) in [7, 11) is 1.45. The molecule has 0 bridgehead atoms. The largest absolute Gasteiger partial charge is 0.496 e. The van der Waals surface area contributed by atoms with E-state index in [1.807, 2.05) is 13.8 Å². The molecule has 0 radical (unpaired) electrons. The van der Waals surface area contributed by atoms with Crippen LogP contribution in [0.25, 0.3) is 38.2 Å². The number of ether oxygens (including phenoxy) is 5. The van der Waals surface area contributed by atoms with Gasteiger partial charge in [0.05, 0.1) is 19.8 Å². The van der Waals surface area contributed by atoms with Gasteiger partial charge in [0, 0.05) is 59.6 Å². The highest BCUT2D eigenvalue weighted by atomic mass is 19.1. The van der Waals surface area contributed by atoms with Gasteiger partial charge in [0.2, 0.25) is 0 Å². The second-order valence-corrected chi connectivity index (χ2v) is 16.8. The molecule has 6 aromatic carbocycles. The van der Waals surface area contributed by atoms with Gasteiger partial charge in [0.25, 0.3) is 0 Å². The Morgan fingerprint density at radius 1 is 0.515 bits per heavy atom. The van der Waals surface area contributed by atoms with E-state index in [4.69, 9.17) is 47.5 Å². The number of hydrogen-bond acceptors (Lipinski definition) is 8. The Balaban J connectivity index is 0.000000151. The maximum absolute atomic E-state index is 14.1. The number of aryl methyl sites for hydroxylation is 3. The average molecular weight is 939 g/mol. The highest BCUT2D eigenvalue weighted by Crippen LogP contribution is 2.45. The van der Waals surface area contributed by atoms with Gasteiger partial charge in [-0.3, -0.25) is 0 Å². The molecule has 6 N–H and O–H groups in total. The van der Waals surface area contributed by atoms with Crippen molar-refractivity contribution in [2.75, 3.05) is 26.7 Å². The number of benzene rings is 6. The summed E-state index contributed by atoms with van der Waals surface area (Å²) in [6, 6.07) is 20.8. The van der Waals surface area contributed by atoms with Crippen LogP contribution in [0.2, 0.25) is 0 Å². The standard InChI is InChI=1S/C19H21F2NO2.C17H14F2N2O.C17H17F2NO2/c1-11(2)23-18-9-13(20)4-6-16(18)17-8-14(21)7-12-3-5-15(10-22)24-19(12)17;2*1-21-16-8-11(18)3-5-14(16)15-7-12(19)6-10-2-4-13(9-20)22-17(10)15/h4,6-9,11,15H,3,5,10,22H2,1-2H3;3,5-8,13H,2,4,9,20H2;3,5-8,13H,2,4,9,20H2,1H3/t15-;2*13-/m111/s1. The first-order chi connectivity index (χ1) is 32.7. The quantitative estimate of drug-likeness (QED) is 0.0966. The number of methoxy groups -OCH3 is 1. The van der Waals surface area contributed by atoms with Crippen molar-refractivity contribution < 1.29 is 50.0 Å². The third-order valence-corrected chi connectivity index (χ3v) is 11.7. The highest BCUT2D eigenvalue weighted by molar-refractivity contribution is 5.83. The monoisotopic (exact) mass is 938 g/mol. The van der Waals surface area contributed by atoms with Crippen LogP contribution >= 0.6 is 0 Å². The van der Waals surface area contributed by atoms with Gasteiger partial charge in [-0.25, -0.2) is 31.2 Å². The Labute approximate surface area is 391 Å². The van der Waals surface area contributed by atoms with Crippen LogP contribution < -0.4 is 40.9 Å². The topological polar surface area (TPSA) is 129 Å². The van der Waals surface area contributed by atoms with Crippen molar-refractivity contribution in [2.45, 2.75) is 76.8 Å². The molecule has 15 heteroatoms. The van der Waals surface area contributed by atoms with E-state index in [0.717, 1.165) is 42.0 Å². The molecule has 0 saturated carbocycles. The molecule has 0 spiro atoms. The van der Waals surface area contributed by atoms with Crippen LogP contribution in [0, 0.1) is 41.5 Å². The molecule has 9 nitrogen and oxygen atoms in total. The van der Waals surface area contributed by atoms with Crippen LogP contribution in [0.1, 0.15) is 49.8 Å². The Bertz CT molecular complexity index is 2820. The van der Waals surface area contributed by atoms with Gasteiger partial charge in [-0.05, 0) is 147 Å². The number of hydrogen-bond donors (Lipinski definition) is 3. The van der Waals surface area contributed by atoms with Crippen LogP contribution in [0.4, 0.5) is 32.0 Å². The van der Waals surface area contributed by atoms with Crippen molar-refractivity contribution in [3.63, 3.8) is 0 Å². The number of halogens is 6. The summed E-state index contributed by atoms with van der Waals surface area (Å²) in [5.41, 5.74) is 22.8. The molecule has 356 valence electrons. The Hall–Kier alpha value is -6.73. The van der Waals surface area contributed by atoms with Crippen LogP contribution in [0.3, 0.4) is 0 Å². The maximum Gasteiger partial charge on any atom is 0.197 e. The molecular weight excluding hydrogens is 887 g/mol. The fraction of sp³-hybridized carbons (Fsp3) is 0.302. The van der Waals surface area contributed by atoms with Gasteiger partial charge in [0.1, 0.15) is 82.0 Å². The van der Waals surface area contributed by atoms with E-state index in [9.17, 15) is 26.3 Å². The Kier molecular flexibility index (Phi) is 15.9. The lowest BCUT2D eigenvalue weighted by atomic mass is 9.94. The van der Waals surface area contributed by atoms with E-state index in [1.54, 1.807) is 12.1 Å². The van der Waals surface area contributed by atoms with Crippen LogP contribution in [0.15, 0.2) is 91.0 Å². The Morgan fingerprint density at radius 2 is 0.882 bits per heavy atom. The smallest absolute Gasteiger partial charge is 0.197 e. The van der Waals surface area contributed by atoms with Gasteiger partial charge in [0.15, 0.2) is 5.69 Å².